The van der Waals surface area contributed by atoms with Crippen LogP contribution in [0.2, 0.25) is 5.02 Å². The van der Waals surface area contributed by atoms with E-state index in [-0.39, 0.29) is 24.5 Å². The van der Waals surface area contributed by atoms with E-state index in [1.54, 1.807) is 9.80 Å². The monoisotopic (exact) mass is 440 g/mol. The van der Waals surface area contributed by atoms with Gasteiger partial charge in [0.1, 0.15) is 6.54 Å². The standard InChI is InChI=1S/C24H29ClN4O2/c1-18-6-5-8-21(14-18)29-13-12-26(15-19(29)2)23(30)17-28-11-10-27(24(28)31)16-20-7-3-4-9-22(20)25/h3-9,14,19H,10-13,15-17H2,1-2H3. The molecule has 0 spiro atoms. The van der Waals surface area contributed by atoms with Gasteiger partial charge in [0.25, 0.3) is 0 Å². The zero-order valence-electron chi connectivity index (χ0n) is 18.1. The summed E-state index contributed by atoms with van der Waals surface area (Å²) in [5.41, 5.74) is 3.36. The van der Waals surface area contributed by atoms with Crippen LogP contribution in [-0.4, -0.2) is 71.9 Å². The van der Waals surface area contributed by atoms with Crippen molar-refractivity contribution in [1.82, 2.24) is 14.7 Å². The lowest BCUT2D eigenvalue weighted by Gasteiger charge is -2.41. The first kappa shape index (κ1) is 21.5. The summed E-state index contributed by atoms with van der Waals surface area (Å²) in [6, 6.07) is 16.2. The molecule has 1 unspecified atom stereocenters. The summed E-state index contributed by atoms with van der Waals surface area (Å²) in [6.07, 6.45) is 0. The van der Waals surface area contributed by atoms with Gasteiger partial charge in [0, 0.05) is 56.0 Å². The second-order valence-corrected chi connectivity index (χ2v) is 8.85. The smallest absolute Gasteiger partial charge is 0.320 e. The van der Waals surface area contributed by atoms with Crippen molar-refractivity contribution in [2.45, 2.75) is 26.4 Å². The number of carbonyl (C=O) groups is 2. The summed E-state index contributed by atoms with van der Waals surface area (Å²) < 4.78 is 0. The average molecular weight is 441 g/mol. The number of urea groups is 1. The molecule has 7 heteroatoms. The molecule has 0 aromatic heterocycles. The van der Waals surface area contributed by atoms with Gasteiger partial charge < -0.3 is 19.6 Å². The number of halogens is 1. The Kier molecular flexibility index (Phi) is 6.37. The molecule has 0 saturated carbocycles. The molecule has 2 heterocycles. The Morgan fingerprint density at radius 3 is 2.55 bits per heavy atom. The molecule has 0 N–H and O–H groups in total. The van der Waals surface area contributed by atoms with E-state index >= 15 is 0 Å². The molecule has 2 saturated heterocycles. The first-order valence-electron chi connectivity index (χ1n) is 10.8. The number of anilines is 1. The molecule has 164 valence electrons. The van der Waals surface area contributed by atoms with Crippen molar-refractivity contribution in [3.05, 3.63) is 64.7 Å². The summed E-state index contributed by atoms with van der Waals surface area (Å²) in [4.78, 5) is 33.4. The number of piperazine rings is 1. The van der Waals surface area contributed by atoms with Gasteiger partial charge in [-0.15, -0.1) is 0 Å². The number of amides is 3. The van der Waals surface area contributed by atoms with Crippen LogP contribution in [0.15, 0.2) is 48.5 Å². The van der Waals surface area contributed by atoms with Crippen molar-refractivity contribution >= 4 is 29.2 Å². The molecule has 2 aliphatic heterocycles. The van der Waals surface area contributed by atoms with Gasteiger partial charge in [-0.3, -0.25) is 4.79 Å². The number of nitrogens with zero attached hydrogens (tertiary/aromatic N) is 4. The summed E-state index contributed by atoms with van der Waals surface area (Å²) >= 11 is 6.23. The minimum Gasteiger partial charge on any atom is -0.365 e. The third-order valence-electron chi connectivity index (χ3n) is 6.14. The lowest BCUT2D eigenvalue weighted by molar-refractivity contribution is -0.132. The Morgan fingerprint density at radius 1 is 1.03 bits per heavy atom. The Labute approximate surface area is 189 Å². The van der Waals surface area contributed by atoms with Crippen LogP contribution >= 0.6 is 11.6 Å². The number of rotatable bonds is 5. The highest BCUT2D eigenvalue weighted by atomic mass is 35.5. The van der Waals surface area contributed by atoms with Gasteiger partial charge in [-0.2, -0.15) is 0 Å². The highest BCUT2D eigenvalue weighted by Crippen LogP contribution is 2.23. The molecule has 2 aromatic rings. The molecular formula is C24H29ClN4O2. The fourth-order valence-corrected chi connectivity index (χ4v) is 4.59. The van der Waals surface area contributed by atoms with Crippen molar-refractivity contribution in [3.8, 4) is 0 Å². The normalized spacial score (nSPS) is 19.3. The average Bonchev–Trinajstić information content (AvgIpc) is 3.09. The molecule has 1 atom stereocenters. The van der Waals surface area contributed by atoms with Crippen molar-refractivity contribution in [2.75, 3.05) is 44.2 Å². The summed E-state index contributed by atoms with van der Waals surface area (Å²) in [5.74, 6) is 0.0173. The highest BCUT2D eigenvalue weighted by Gasteiger charge is 2.33. The maximum atomic E-state index is 12.9. The van der Waals surface area contributed by atoms with Crippen LogP contribution in [0.4, 0.5) is 10.5 Å². The minimum atomic E-state index is -0.0975. The Morgan fingerprint density at radius 2 is 1.81 bits per heavy atom. The van der Waals surface area contributed by atoms with Crippen LogP contribution in [0.3, 0.4) is 0 Å². The van der Waals surface area contributed by atoms with E-state index < -0.39 is 0 Å². The van der Waals surface area contributed by atoms with E-state index in [2.05, 4.69) is 43.0 Å². The van der Waals surface area contributed by atoms with Crippen molar-refractivity contribution in [3.63, 3.8) is 0 Å². The van der Waals surface area contributed by atoms with E-state index in [1.807, 2.05) is 29.2 Å². The van der Waals surface area contributed by atoms with E-state index in [9.17, 15) is 9.59 Å². The number of aryl methyl sites for hydroxylation is 1. The molecule has 6 nitrogen and oxygen atoms in total. The van der Waals surface area contributed by atoms with Crippen molar-refractivity contribution in [1.29, 1.82) is 0 Å². The van der Waals surface area contributed by atoms with Crippen molar-refractivity contribution in [2.24, 2.45) is 0 Å². The summed E-state index contributed by atoms with van der Waals surface area (Å²) in [5, 5.41) is 0.658. The van der Waals surface area contributed by atoms with Crippen molar-refractivity contribution < 1.29 is 9.59 Å². The van der Waals surface area contributed by atoms with Gasteiger partial charge in [0.15, 0.2) is 0 Å². The second-order valence-electron chi connectivity index (χ2n) is 8.44. The zero-order chi connectivity index (χ0) is 22.0. The van der Waals surface area contributed by atoms with Gasteiger partial charge >= 0.3 is 6.03 Å². The quantitative estimate of drug-likeness (QED) is 0.713. The lowest BCUT2D eigenvalue weighted by atomic mass is 10.1. The topological polar surface area (TPSA) is 47.1 Å². The Bertz CT molecular complexity index is 966. The van der Waals surface area contributed by atoms with E-state index in [0.29, 0.717) is 37.7 Å². The Hall–Kier alpha value is -2.73. The van der Waals surface area contributed by atoms with E-state index in [0.717, 1.165) is 12.1 Å². The zero-order valence-corrected chi connectivity index (χ0v) is 18.9. The molecule has 2 fully saturated rings. The SMILES string of the molecule is Cc1cccc(N2CCN(C(=O)CN3CCN(Cc4ccccc4Cl)C3=O)CC2C)c1. The van der Waals surface area contributed by atoms with Gasteiger partial charge in [0.2, 0.25) is 5.91 Å². The molecule has 3 amide bonds. The largest absolute Gasteiger partial charge is 0.365 e. The van der Waals surface area contributed by atoms with E-state index in [4.69, 9.17) is 11.6 Å². The molecular weight excluding hydrogens is 412 g/mol. The maximum Gasteiger partial charge on any atom is 0.320 e. The van der Waals surface area contributed by atoms with Gasteiger partial charge in [-0.25, -0.2) is 4.79 Å². The number of carbonyl (C=O) groups excluding carboxylic acids is 2. The molecule has 31 heavy (non-hydrogen) atoms. The molecule has 0 radical (unpaired) electrons. The maximum absolute atomic E-state index is 12.9. The van der Waals surface area contributed by atoms with Crippen LogP contribution in [0.25, 0.3) is 0 Å². The molecule has 2 aliphatic rings. The predicted octanol–water partition coefficient (Wildman–Crippen LogP) is 3.62. The van der Waals surface area contributed by atoms with Crippen LogP contribution in [0.1, 0.15) is 18.1 Å². The van der Waals surface area contributed by atoms with Crippen LogP contribution < -0.4 is 4.90 Å². The fourth-order valence-electron chi connectivity index (χ4n) is 4.40. The number of hydrogen-bond acceptors (Lipinski definition) is 3. The number of benzene rings is 2. The third kappa shape index (κ3) is 4.79. The molecule has 0 bridgehead atoms. The van der Waals surface area contributed by atoms with Gasteiger partial charge in [-0.1, -0.05) is 41.9 Å². The van der Waals surface area contributed by atoms with Gasteiger partial charge in [-0.05, 0) is 43.2 Å². The van der Waals surface area contributed by atoms with Crippen LogP contribution in [0, 0.1) is 6.92 Å². The minimum absolute atomic E-state index is 0.0173. The fraction of sp³-hybridized carbons (Fsp3) is 0.417. The highest BCUT2D eigenvalue weighted by molar-refractivity contribution is 6.31. The van der Waals surface area contributed by atoms with Crippen LogP contribution in [0.5, 0.6) is 0 Å². The third-order valence-corrected chi connectivity index (χ3v) is 6.51. The number of hydrogen-bond donors (Lipinski definition) is 0. The summed E-state index contributed by atoms with van der Waals surface area (Å²) in [7, 11) is 0. The second kappa shape index (κ2) is 9.18. The van der Waals surface area contributed by atoms with E-state index in [1.165, 1.54) is 11.3 Å². The Balaban J connectivity index is 1.32. The first-order chi connectivity index (χ1) is 14.9. The molecule has 4 rings (SSSR count). The lowest BCUT2D eigenvalue weighted by Crippen LogP contribution is -2.55. The predicted molar refractivity (Wildman–Crippen MR) is 123 cm³/mol. The van der Waals surface area contributed by atoms with Crippen LogP contribution in [-0.2, 0) is 11.3 Å². The summed E-state index contributed by atoms with van der Waals surface area (Å²) in [6.45, 7) is 8.14. The van der Waals surface area contributed by atoms with Gasteiger partial charge in [0.05, 0.1) is 0 Å². The first-order valence-corrected chi connectivity index (χ1v) is 11.2. The molecule has 2 aromatic carbocycles. The molecule has 0 aliphatic carbocycles.